The molecule has 3 heterocycles. The fourth-order valence-electron chi connectivity index (χ4n) is 7.23. The van der Waals surface area contributed by atoms with E-state index in [0.29, 0.717) is 0 Å². The molecular formula is C42H35BN2O2. The van der Waals surface area contributed by atoms with Crippen molar-refractivity contribution < 1.29 is 9.31 Å². The van der Waals surface area contributed by atoms with E-state index in [4.69, 9.17) is 9.31 Å². The van der Waals surface area contributed by atoms with E-state index in [1.165, 1.54) is 60.4 Å². The molecule has 8 aromatic rings. The van der Waals surface area contributed by atoms with E-state index in [1.807, 2.05) is 0 Å². The van der Waals surface area contributed by atoms with Gasteiger partial charge in [-0.1, -0.05) is 78.9 Å². The highest BCUT2D eigenvalue weighted by Crippen LogP contribution is 2.39. The van der Waals surface area contributed by atoms with Crippen LogP contribution in [0.4, 0.5) is 0 Å². The fraction of sp³-hybridized carbons (Fsp3) is 0.143. The Balaban J connectivity index is 1.18. The van der Waals surface area contributed by atoms with Crippen LogP contribution in [0, 0.1) is 0 Å². The van der Waals surface area contributed by atoms with Gasteiger partial charge in [0.05, 0.1) is 33.3 Å². The molecule has 0 spiro atoms. The molecule has 1 aliphatic rings. The van der Waals surface area contributed by atoms with Gasteiger partial charge >= 0.3 is 7.12 Å². The van der Waals surface area contributed by atoms with Gasteiger partial charge in [-0.05, 0) is 105 Å². The topological polar surface area (TPSA) is 28.3 Å². The molecule has 228 valence electrons. The summed E-state index contributed by atoms with van der Waals surface area (Å²) in [6.07, 6.45) is 0. The Bertz CT molecular complexity index is 2470. The van der Waals surface area contributed by atoms with Gasteiger partial charge in [-0.15, -0.1) is 0 Å². The van der Waals surface area contributed by atoms with Gasteiger partial charge in [0.2, 0.25) is 0 Å². The summed E-state index contributed by atoms with van der Waals surface area (Å²) in [5.41, 5.74) is 9.66. The van der Waals surface area contributed by atoms with Crippen LogP contribution in [-0.4, -0.2) is 27.5 Å². The Morgan fingerprint density at radius 2 is 0.894 bits per heavy atom. The van der Waals surface area contributed by atoms with Gasteiger partial charge in [0.15, 0.2) is 0 Å². The van der Waals surface area contributed by atoms with Crippen molar-refractivity contribution in [3.63, 3.8) is 0 Å². The molecule has 1 aliphatic heterocycles. The Kier molecular flexibility index (Phi) is 6.11. The number of fused-ring (bicyclic) bond motifs is 6. The minimum Gasteiger partial charge on any atom is -0.399 e. The predicted octanol–water partition coefficient (Wildman–Crippen LogP) is 9.85. The molecule has 1 saturated heterocycles. The Morgan fingerprint density at radius 1 is 0.426 bits per heavy atom. The molecule has 0 aliphatic carbocycles. The number of benzene rings is 6. The summed E-state index contributed by atoms with van der Waals surface area (Å²) in [7, 11) is -0.414. The molecule has 0 atom stereocenters. The Hall–Kier alpha value is -5.10. The molecule has 2 aromatic heterocycles. The molecule has 9 rings (SSSR count). The van der Waals surface area contributed by atoms with E-state index in [2.05, 4.69) is 176 Å². The molecule has 0 unspecified atom stereocenters. The number of aromatic nitrogens is 2. The summed E-state index contributed by atoms with van der Waals surface area (Å²) < 4.78 is 17.6. The number of nitrogens with zero attached hydrogens (tertiary/aromatic N) is 2. The average molecular weight is 611 g/mol. The summed E-state index contributed by atoms with van der Waals surface area (Å²) >= 11 is 0. The van der Waals surface area contributed by atoms with Gasteiger partial charge in [-0.25, -0.2) is 0 Å². The summed E-state index contributed by atoms with van der Waals surface area (Å²) in [6, 6.07) is 50.3. The van der Waals surface area contributed by atoms with Crippen LogP contribution in [0.5, 0.6) is 0 Å². The highest BCUT2D eigenvalue weighted by molar-refractivity contribution is 6.62. The van der Waals surface area contributed by atoms with Crippen LogP contribution >= 0.6 is 0 Å². The van der Waals surface area contributed by atoms with E-state index >= 15 is 0 Å². The third-order valence-electron chi connectivity index (χ3n) is 10.3. The maximum atomic E-state index is 6.41. The highest BCUT2D eigenvalue weighted by Gasteiger charge is 2.51. The van der Waals surface area contributed by atoms with Gasteiger partial charge < -0.3 is 18.4 Å². The largest absolute Gasteiger partial charge is 0.494 e. The van der Waals surface area contributed by atoms with Crippen LogP contribution in [-0.2, 0) is 9.31 Å². The normalized spacial score (nSPS) is 15.8. The monoisotopic (exact) mass is 610 g/mol. The summed E-state index contributed by atoms with van der Waals surface area (Å²) in [6.45, 7) is 8.39. The van der Waals surface area contributed by atoms with Crippen molar-refractivity contribution in [2.24, 2.45) is 0 Å². The zero-order valence-corrected chi connectivity index (χ0v) is 27.1. The van der Waals surface area contributed by atoms with Crippen molar-refractivity contribution >= 4 is 56.2 Å². The molecule has 0 radical (unpaired) electrons. The second-order valence-corrected chi connectivity index (χ2v) is 13.7. The molecule has 6 aromatic carbocycles. The summed E-state index contributed by atoms with van der Waals surface area (Å²) in [5, 5.41) is 4.97. The maximum absolute atomic E-state index is 6.41. The first-order chi connectivity index (χ1) is 22.8. The number of para-hydroxylation sites is 3. The van der Waals surface area contributed by atoms with Crippen molar-refractivity contribution in [2.45, 2.75) is 38.9 Å². The van der Waals surface area contributed by atoms with Gasteiger partial charge in [0.25, 0.3) is 0 Å². The van der Waals surface area contributed by atoms with E-state index in [-0.39, 0.29) is 0 Å². The maximum Gasteiger partial charge on any atom is 0.494 e. The van der Waals surface area contributed by atoms with Crippen molar-refractivity contribution in [3.8, 4) is 22.5 Å². The molecular weight excluding hydrogens is 575 g/mol. The smallest absolute Gasteiger partial charge is 0.399 e. The first-order valence-corrected chi connectivity index (χ1v) is 16.4. The molecule has 4 nitrogen and oxygen atoms in total. The molecule has 0 bridgehead atoms. The Labute approximate surface area is 274 Å². The highest BCUT2D eigenvalue weighted by atomic mass is 16.7. The predicted molar refractivity (Wildman–Crippen MR) is 196 cm³/mol. The van der Waals surface area contributed by atoms with Gasteiger partial charge in [0, 0.05) is 32.9 Å². The minimum atomic E-state index is -0.414. The molecule has 0 saturated carbocycles. The van der Waals surface area contributed by atoms with Gasteiger partial charge in [-0.3, -0.25) is 0 Å². The van der Waals surface area contributed by atoms with E-state index < -0.39 is 18.3 Å². The lowest BCUT2D eigenvalue weighted by atomic mass is 9.79. The lowest BCUT2D eigenvalue weighted by Crippen LogP contribution is -2.41. The van der Waals surface area contributed by atoms with Crippen molar-refractivity contribution in [1.29, 1.82) is 0 Å². The third-order valence-corrected chi connectivity index (χ3v) is 10.3. The van der Waals surface area contributed by atoms with Gasteiger partial charge in [-0.2, -0.15) is 0 Å². The van der Waals surface area contributed by atoms with Crippen molar-refractivity contribution in [2.75, 3.05) is 0 Å². The fourth-order valence-corrected chi connectivity index (χ4v) is 7.23. The molecule has 5 heteroatoms. The van der Waals surface area contributed by atoms with Crippen LogP contribution in [0.2, 0.25) is 0 Å². The lowest BCUT2D eigenvalue weighted by molar-refractivity contribution is 0.00578. The standard InChI is InChI=1S/C42H35BN2O2/c1-41(2)42(3,4)47-43(46-41)30-13-12-16-32(27-30)45-38-20-11-9-18-34(38)36-26-29(22-24-40(36)45)28-21-23-39-35(25-28)33-17-8-10-19-37(33)44(39)31-14-6-5-7-15-31/h5-27H,1-4H3. The van der Waals surface area contributed by atoms with E-state index in [0.717, 1.165) is 11.2 Å². The van der Waals surface area contributed by atoms with Crippen molar-refractivity contribution in [3.05, 3.63) is 140 Å². The van der Waals surface area contributed by atoms with Crippen LogP contribution in [0.25, 0.3) is 66.1 Å². The number of hydrogen-bond donors (Lipinski definition) is 0. The quantitative estimate of drug-likeness (QED) is 0.186. The third kappa shape index (κ3) is 4.31. The minimum absolute atomic E-state index is 0.392. The Morgan fingerprint density at radius 3 is 1.47 bits per heavy atom. The molecule has 0 N–H and O–H groups in total. The molecule has 0 amide bonds. The van der Waals surface area contributed by atoms with Crippen LogP contribution in [0.15, 0.2) is 140 Å². The summed E-state index contributed by atoms with van der Waals surface area (Å²) in [5.74, 6) is 0. The average Bonchev–Trinajstić information content (AvgIpc) is 3.68. The second kappa shape index (κ2) is 10.2. The van der Waals surface area contributed by atoms with Crippen LogP contribution in [0.3, 0.4) is 0 Å². The van der Waals surface area contributed by atoms with Crippen LogP contribution < -0.4 is 5.46 Å². The van der Waals surface area contributed by atoms with Crippen LogP contribution in [0.1, 0.15) is 27.7 Å². The first-order valence-electron chi connectivity index (χ1n) is 16.4. The first kappa shape index (κ1) is 28.2. The van der Waals surface area contributed by atoms with E-state index in [9.17, 15) is 0 Å². The number of hydrogen-bond acceptors (Lipinski definition) is 2. The van der Waals surface area contributed by atoms with Crippen molar-refractivity contribution in [1.82, 2.24) is 9.13 Å². The zero-order valence-electron chi connectivity index (χ0n) is 27.1. The molecule has 47 heavy (non-hydrogen) atoms. The molecule has 1 fully saturated rings. The van der Waals surface area contributed by atoms with Gasteiger partial charge in [0.1, 0.15) is 0 Å². The van der Waals surface area contributed by atoms with E-state index in [1.54, 1.807) is 0 Å². The number of rotatable bonds is 4. The SMILES string of the molecule is CC1(C)OB(c2cccc(-n3c4ccccc4c4cc(-c5ccc6c(c5)c5ccccc5n6-c5ccccc5)ccc43)c2)OC1(C)C. The lowest BCUT2D eigenvalue weighted by Gasteiger charge is -2.32. The zero-order chi connectivity index (χ0) is 31.9. The summed E-state index contributed by atoms with van der Waals surface area (Å²) in [4.78, 5) is 0. The second-order valence-electron chi connectivity index (χ2n) is 13.7.